The zero-order valence-electron chi connectivity index (χ0n) is 7.71. The molecule has 66 valence electrons. The zero-order valence-corrected chi connectivity index (χ0v) is 7.71. The Morgan fingerprint density at radius 1 is 1.45 bits per heavy atom. The van der Waals surface area contributed by atoms with E-state index in [1.54, 1.807) is 0 Å². The third-order valence-corrected chi connectivity index (χ3v) is 2.45. The quantitative estimate of drug-likeness (QED) is 0.659. The molecule has 0 aromatic heterocycles. The Labute approximate surface area is 69.8 Å². The molecule has 0 bridgehead atoms. The normalized spacial score (nSPS) is 30.5. The molecule has 0 aliphatic heterocycles. The summed E-state index contributed by atoms with van der Waals surface area (Å²) in [6, 6.07) is 0.509. The second kappa shape index (κ2) is 4.07. The molecule has 1 saturated carbocycles. The van der Waals surface area contributed by atoms with Crippen LogP contribution in [0, 0.1) is 5.92 Å². The van der Waals surface area contributed by atoms with E-state index in [-0.39, 0.29) is 0 Å². The minimum absolute atomic E-state index is 0.509. The third-order valence-electron chi connectivity index (χ3n) is 2.45. The molecule has 0 unspecified atom stereocenters. The van der Waals surface area contributed by atoms with Gasteiger partial charge in [-0.1, -0.05) is 6.92 Å². The first-order chi connectivity index (χ1) is 5.22. The topological polar surface area (TPSA) is 29.3 Å². The van der Waals surface area contributed by atoms with E-state index in [1.807, 2.05) is 0 Å². The highest BCUT2D eigenvalue weighted by Gasteiger charge is 2.26. The summed E-state index contributed by atoms with van der Waals surface area (Å²) in [6.07, 6.45) is 3.75. The minimum Gasteiger partial charge on any atom is -0.328 e. The molecule has 11 heavy (non-hydrogen) atoms. The van der Waals surface area contributed by atoms with Crippen molar-refractivity contribution in [3.63, 3.8) is 0 Å². The second-order valence-electron chi connectivity index (χ2n) is 3.86. The molecule has 0 radical (unpaired) electrons. The van der Waals surface area contributed by atoms with E-state index in [2.05, 4.69) is 18.9 Å². The summed E-state index contributed by atoms with van der Waals surface area (Å²) < 4.78 is 0. The number of hydrogen-bond donors (Lipinski definition) is 1. The van der Waals surface area contributed by atoms with Gasteiger partial charge in [0, 0.05) is 12.6 Å². The van der Waals surface area contributed by atoms with E-state index in [0.717, 1.165) is 5.92 Å². The van der Waals surface area contributed by atoms with Crippen LogP contribution in [0.15, 0.2) is 0 Å². The molecule has 2 nitrogen and oxygen atoms in total. The molecule has 0 atom stereocenters. The van der Waals surface area contributed by atoms with Gasteiger partial charge < -0.3 is 10.6 Å². The molecular formula is C9H20N2. The second-order valence-corrected chi connectivity index (χ2v) is 3.86. The Morgan fingerprint density at radius 2 is 2.09 bits per heavy atom. The van der Waals surface area contributed by atoms with Crippen LogP contribution in [0.2, 0.25) is 0 Å². The molecule has 1 aliphatic carbocycles. The van der Waals surface area contributed by atoms with Gasteiger partial charge in [-0.2, -0.15) is 0 Å². The van der Waals surface area contributed by atoms with Gasteiger partial charge in [0.2, 0.25) is 0 Å². The molecule has 1 fully saturated rings. The van der Waals surface area contributed by atoms with Crippen LogP contribution >= 0.6 is 0 Å². The van der Waals surface area contributed by atoms with E-state index < -0.39 is 0 Å². The standard InChI is InChI=1S/C9H20N2/c1-3-4-11(2)7-8-5-9(10)6-8/h8-9H,3-7,10H2,1-2H3. The Morgan fingerprint density at radius 3 is 2.55 bits per heavy atom. The van der Waals surface area contributed by atoms with E-state index in [4.69, 9.17) is 5.73 Å². The molecule has 0 aromatic rings. The highest BCUT2D eigenvalue weighted by Crippen LogP contribution is 2.25. The average Bonchev–Trinajstić information content (AvgIpc) is 1.85. The summed E-state index contributed by atoms with van der Waals surface area (Å²) in [7, 11) is 2.20. The number of rotatable bonds is 4. The van der Waals surface area contributed by atoms with E-state index in [1.165, 1.54) is 32.4 Å². The molecule has 2 N–H and O–H groups in total. The molecule has 0 saturated heterocycles. The first kappa shape index (κ1) is 9.01. The zero-order chi connectivity index (χ0) is 8.27. The van der Waals surface area contributed by atoms with Crippen LogP contribution in [0.1, 0.15) is 26.2 Å². The Kier molecular flexibility index (Phi) is 3.34. The van der Waals surface area contributed by atoms with Gasteiger partial charge in [0.15, 0.2) is 0 Å². The molecule has 0 amide bonds. The largest absolute Gasteiger partial charge is 0.328 e. The van der Waals surface area contributed by atoms with Crippen LogP contribution in [0.5, 0.6) is 0 Å². The van der Waals surface area contributed by atoms with Crippen molar-refractivity contribution in [1.82, 2.24) is 4.90 Å². The van der Waals surface area contributed by atoms with Crippen LogP contribution in [-0.4, -0.2) is 31.1 Å². The number of nitrogens with zero attached hydrogens (tertiary/aromatic N) is 1. The lowest BCUT2D eigenvalue weighted by Gasteiger charge is -2.35. The van der Waals surface area contributed by atoms with Gasteiger partial charge in [-0.3, -0.25) is 0 Å². The summed E-state index contributed by atoms with van der Waals surface area (Å²) >= 11 is 0. The van der Waals surface area contributed by atoms with E-state index in [9.17, 15) is 0 Å². The maximum atomic E-state index is 5.70. The lowest BCUT2D eigenvalue weighted by Crippen LogP contribution is -2.41. The number of nitrogens with two attached hydrogens (primary N) is 1. The van der Waals surface area contributed by atoms with Crippen molar-refractivity contribution in [3.8, 4) is 0 Å². The third kappa shape index (κ3) is 2.80. The summed E-state index contributed by atoms with van der Waals surface area (Å²) in [4.78, 5) is 2.41. The van der Waals surface area contributed by atoms with Crippen molar-refractivity contribution in [1.29, 1.82) is 0 Å². The Balaban J connectivity index is 2.02. The van der Waals surface area contributed by atoms with Crippen LogP contribution in [-0.2, 0) is 0 Å². The fraction of sp³-hybridized carbons (Fsp3) is 1.00. The van der Waals surface area contributed by atoms with E-state index in [0.29, 0.717) is 6.04 Å². The van der Waals surface area contributed by atoms with E-state index >= 15 is 0 Å². The smallest absolute Gasteiger partial charge is 0.00450 e. The maximum Gasteiger partial charge on any atom is 0.00450 e. The van der Waals surface area contributed by atoms with Gasteiger partial charge in [0.05, 0.1) is 0 Å². The minimum atomic E-state index is 0.509. The molecule has 0 spiro atoms. The van der Waals surface area contributed by atoms with Crippen molar-refractivity contribution in [3.05, 3.63) is 0 Å². The molecule has 1 aliphatic rings. The summed E-state index contributed by atoms with van der Waals surface area (Å²) in [5.74, 6) is 0.890. The Hall–Kier alpha value is -0.0800. The van der Waals surface area contributed by atoms with Crippen molar-refractivity contribution >= 4 is 0 Å². The predicted octanol–water partition coefficient (Wildman–Crippen LogP) is 1.07. The molecule has 0 heterocycles. The highest BCUT2D eigenvalue weighted by molar-refractivity contribution is 4.83. The van der Waals surface area contributed by atoms with Crippen molar-refractivity contribution in [2.24, 2.45) is 11.7 Å². The maximum absolute atomic E-state index is 5.70. The van der Waals surface area contributed by atoms with Gasteiger partial charge in [-0.05, 0) is 38.8 Å². The van der Waals surface area contributed by atoms with Crippen LogP contribution < -0.4 is 5.73 Å². The summed E-state index contributed by atoms with van der Waals surface area (Å²) in [5.41, 5.74) is 5.70. The fourth-order valence-corrected chi connectivity index (χ4v) is 1.85. The van der Waals surface area contributed by atoms with Gasteiger partial charge >= 0.3 is 0 Å². The lowest BCUT2D eigenvalue weighted by atomic mass is 9.80. The molecule has 1 rings (SSSR count). The van der Waals surface area contributed by atoms with Crippen molar-refractivity contribution < 1.29 is 0 Å². The molecule has 2 heteroatoms. The summed E-state index contributed by atoms with van der Waals surface area (Å²) in [5, 5.41) is 0. The lowest BCUT2D eigenvalue weighted by molar-refractivity contribution is 0.183. The summed E-state index contributed by atoms with van der Waals surface area (Å²) in [6.45, 7) is 4.70. The monoisotopic (exact) mass is 156 g/mol. The highest BCUT2D eigenvalue weighted by atomic mass is 15.1. The first-order valence-corrected chi connectivity index (χ1v) is 4.66. The van der Waals surface area contributed by atoms with Crippen LogP contribution in [0.4, 0.5) is 0 Å². The number of hydrogen-bond acceptors (Lipinski definition) is 2. The average molecular weight is 156 g/mol. The van der Waals surface area contributed by atoms with Crippen LogP contribution in [0.3, 0.4) is 0 Å². The predicted molar refractivity (Wildman–Crippen MR) is 48.5 cm³/mol. The van der Waals surface area contributed by atoms with Gasteiger partial charge in [-0.15, -0.1) is 0 Å². The van der Waals surface area contributed by atoms with Crippen molar-refractivity contribution in [2.75, 3.05) is 20.1 Å². The SMILES string of the molecule is CCCN(C)CC1CC(N)C1. The molecular weight excluding hydrogens is 136 g/mol. The van der Waals surface area contributed by atoms with Gasteiger partial charge in [0.25, 0.3) is 0 Å². The molecule has 0 aromatic carbocycles. The van der Waals surface area contributed by atoms with Crippen molar-refractivity contribution in [2.45, 2.75) is 32.2 Å². The first-order valence-electron chi connectivity index (χ1n) is 4.66. The Bertz CT molecular complexity index is 105. The fourth-order valence-electron chi connectivity index (χ4n) is 1.85. The van der Waals surface area contributed by atoms with Gasteiger partial charge in [0.1, 0.15) is 0 Å². The van der Waals surface area contributed by atoms with Gasteiger partial charge in [-0.25, -0.2) is 0 Å². The van der Waals surface area contributed by atoms with Crippen LogP contribution in [0.25, 0.3) is 0 Å².